The van der Waals surface area contributed by atoms with E-state index in [9.17, 15) is 0 Å². The first-order valence-electron chi connectivity index (χ1n) is 7.07. The summed E-state index contributed by atoms with van der Waals surface area (Å²) in [6.45, 7) is 0. The molecule has 1 aromatic rings. The van der Waals surface area contributed by atoms with E-state index in [1.165, 1.54) is 25.7 Å². The van der Waals surface area contributed by atoms with Crippen molar-refractivity contribution in [1.82, 2.24) is 5.43 Å². The number of hydrazine groups is 1. The fourth-order valence-corrected chi connectivity index (χ4v) is 2.57. The van der Waals surface area contributed by atoms with Crippen molar-refractivity contribution in [3.05, 3.63) is 29.8 Å². The van der Waals surface area contributed by atoms with Gasteiger partial charge < -0.3 is 9.47 Å². The van der Waals surface area contributed by atoms with Crippen LogP contribution < -0.4 is 16.0 Å². The Morgan fingerprint density at radius 1 is 1.26 bits per heavy atom. The van der Waals surface area contributed by atoms with Gasteiger partial charge in [0.25, 0.3) is 0 Å². The lowest BCUT2D eigenvalue weighted by Crippen LogP contribution is -2.38. The monoisotopic (exact) mass is 262 g/mol. The molecule has 2 aliphatic rings. The van der Waals surface area contributed by atoms with Crippen molar-refractivity contribution in [1.29, 1.82) is 0 Å². The largest absolute Gasteiger partial charge is 0.490 e. The van der Waals surface area contributed by atoms with Gasteiger partial charge in [0, 0.05) is 7.11 Å². The highest BCUT2D eigenvalue weighted by Gasteiger charge is 2.37. The van der Waals surface area contributed by atoms with Gasteiger partial charge in [-0.3, -0.25) is 11.3 Å². The zero-order valence-corrected chi connectivity index (χ0v) is 11.3. The maximum absolute atomic E-state index is 5.84. The van der Waals surface area contributed by atoms with E-state index in [2.05, 4.69) is 17.6 Å². The normalized spacial score (nSPS) is 22.0. The molecule has 19 heavy (non-hydrogen) atoms. The Morgan fingerprint density at radius 3 is 2.63 bits per heavy atom. The average Bonchev–Trinajstić information content (AvgIpc) is 3.29. The standard InChI is InChI=1S/C15H22N2O2/c1-18-15(10-5-6-10)14(17-16)11-3-2-4-13(9-11)19-12-7-8-12/h2-4,9-10,12,14-15,17H,5-8,16H2,1H3. The molecule has 0 aliphatic heterocycles. The van der Waals surface area contributed by atoms with Crippen molar-refractivity contribution in [3.63, 3.8) is 0 Å². The summed E-state index contributed by atoms with van der Waals surface area (Å²) in [5.74, 6) is 7.30. The predicted molar refractivity (Wildman–Crippen MR) is 73.7 cm³/mol. The van der Waals surface area contributed by atoms with Crippen LogP contribution in [-0.4, -0.2) is 19.3 Å². The number of benzene rings is 1. The van der Waals surface area contributed by atoms with E-state index in [1.807, 2.05) is 12.1 Å². The SMILES string of the molecule is COC(C1CC1)C(NN)c1cccc(OC2CC2)c1. The number of rotatable bonds is 7. The molecule has 3 N–H and O–H groups in total. The van der Waals surface area contributed by atoms with Gasteiger partial charge in [0.15, 0.2) is 0 Å². The third-order valence-corrected chi connectivity index (χ3v) is 3.91. The third kappa shape index (κ3) is 3.08. The highest BCUT2D eigenvalue weighted by Crippen LogP contribution is 2.40. The summed E-state index contributed by atoms with van der Waals surface area (Å²) < 4.78 is 11.5. The van der Waals surface area contributed by atoms with E-state index in [4.69, 9.17) is 15.3 Å². The zero-order valence-electron chi connectivity index (χ0n) is 11.3. The van der Waals surface area contributed by atoms with Crippen LogP contribution >= 0.6 is 0 Å². The maximum Gasteiger partial charge on any atom is 0.120 e. The van der Waals surface area contributed by atoms with Crippen LogP contribution in [0, 0.1) is 5.92 Å². The van der Waals surface area contributed by atoms with Gasteiger partial charge in [0.2, 0.25) is 0 Å². The summed E-state index contributed by atoms with van der Waals surface area (Å²) in [6.07, 6.45) is 5.36. The number of hydrogen-bond acceptors (Lipinski definition) is 4. The molecule has 0 amide bonds. The lowest BCUT2D eigenvalue weighted by molar-refractivity contribution is 0.0506. The minimum absolute atomic E-state index is 0.0280. The maximum atomic E-state index is 5.84. The summed E-state index contributed by atoms with van der Waals surface area (Å²) >= 11 is 0. The Kier molecular flexibility index (Phi) is 3.73. The Morgan fingerprint density at radius 2 is 2.05 bits per heavy atom. The third-order valence-electron chi connectivity index (χ3n) is 3.91. The topological polar surface area (TPSA) is 56.5 Å². The highest BCUT2D eigenvalue weighted by molar-refractivity contribution is 5.32. The minimum atomic E-state index is 0.0280. The Labute approximate surface area is 114 Å². The van der Waals surface area contributed by atoms with E-state index in [0.717, 1.165) is 11.3 Å². The van der Waals surface area contributed by atoms with Gasteiger partial charge in [0.1, 0.15) is 5.75 Å². The first-order chi connectivity index (χ1) is 9.31. The average molecular weight is 262 g/mol. The van der Waals surface area contributed by atoms with Crippen LogP contribution in [0.5, 0.6) is 5.75 Å². The lowest BCUT2D eigenvalue weighted by atomic mass is 9.98. The molecule has 0 radical (unpaired) electrons. The van der Waals surface area contributed by atoms with Crippen LogP contribution in [0.4, 0.5) is 0 Å². The van der Waals surface area contributed by atoms with E-state index < -0.39 is 0 Å². The highest BCUT2D eigenvalue weighted by atomic mass is 16.5. The van der Waals surface area contributed by atoms with Crippen molar-refractivity contribution < 1.29 is 9.47 Å². The molecular weight excluding hydrogens is 240 g/mol. The molecule has 0 spiro atoms. The van der Waals surface area contributed by atoms with Crippen molar-refractivity contribution >= 4 is 0 Å². The van der Waals surface area contributed by atoms with E-state index in [0.29, 0.717) is 12.0 Å². The molecule has 0 heterocycles. The molecule has 2 fully saturated rings. The van der Waals surface area contributed by atoms with Gasteiger partial charge >= 0.3 is 0 Å². The summed E-state index contributed by atoms with van der Waals surface area (Å²) in [4.78, 5) is 0. The lowest BCUT2D eigenvalue weighted by Gasteiger charge is -2.26. The Hall–Kier alpha value is -1.10. The van der Waals surface area contributed by atoms with E-state index in [-0.39, 0.29) is 12.1 Å². The second-order valence-corrected chi connectivity index (χ2v) is 5.57. The molecule has 2 saturated carbocycles. The molecule has 2 atom stereocenters. The number of hydrogen-bond donors (Lipinski definition) is 2. The first kappa shape index (κ1) is 12.9. The number of nitrogens with one attached hydrogen (secondary N) is 1. The van der Waals surface area contributed by atoms with Crippen molar-refractivity contribution in [2.24, 2.45) is 11.8 Å². The molecule has 2 aliphatic carbocycles. The Balaban J connectivity index is 1.76. The summed E-state index contributed by atoms with van der Waals surface area (Å²) in [6, 6.07) is 8.22. The van der Waals surface area contributed by atoms with Crippen molar-refractivity contribution in [3.8, 4) is 5.75 Å². The molecule has 2 unspecified atom stereocenters. The van der Waals surface area contributed by atoms with Crippen LogP contribution in [0.25, 0.3) is 0 Å². The molecule has 104 valence electrons. The molecule has 4 heteroatoms. The van der Waals surface area contributed by atoms with Crippen LogP contribution in [0.2, 0.25) is 0 Å². The van der Waals surface area contributed by atoms with E-state index in [1.54, 1.807) is 7.11 Å². The molecule has 0 saturated heterocycles. The number of methoxy groups -OCH3 is 1. The quantitative estimate of drug-likeness (QED) is 0.584. The van der Waals surface area contributed by atoms with Crippen LogP contribution in [-0.2, 0) is 4.74 Å². The molecule has 3 rings (SSSR count). The molecular formula is C15H22N2O2. The fourth-order valence-electron chi connectivity index (χ4n) is 2.57. The molecule has 1 aromatic carbocycles. The van der Waals surface area contributed by atoms with Crippen molar-refractivity contribution in [2.45, 2.75) is 43.9 Å². The fraction of sp³-hybridized carbons (Fsp3) is 0.600. The van der Waals surface area contributed by atoms with Crippen LogP contribution in [0.3, 0.4) is 0 Å². The predicted octanol–water partition coefficient (Wildman–Crippen LogP) is 2.16. The molecule has 0 aromatic heterocycles. The number of ether oxygens (including phenoxy) is 2. The van der Waals surface area contributed by atoms with Crippen molar-refractivity contribution in [2.75, 3.05) is 7.11 Å². The summed E-state index contributed by atoms with van der Waals surface area (Å²) in [5, 5.41) is 0. The van der Waals surface area contributed by atoms with Gasteiger partial charge in [-0.2, -0.15) is 0 Å². The molecule has 4 nitrogen and oxygen atoms in total. The molecule has 0 bridgehead atoms. The second kappa shape index (κ2) is 5.49. The summed E-state index contributed by atoms with van der Waals surface area (Å²) in [7, 11) is 1.76. The zero-order chi connectivity index (χ0) is 13.2. The summed E-state index contributed by atoms with van der Waals surface area (Å²) in [5.41, 5.74) is 4.04. The van der Waals surface area contributed by atoms with Gasteiger partial charge in [-0.1, -0.05) is 12.1 Å². The smallest absolute Gasteiger partial charge is 0.120 e. The van der Waals surface area contributed by atoms with Crippen LogP contribution in [0.1, 0.15) is 37.3 Å². The van der Waals surface area contributed by atoms with Gasteiger partial charge in [0.05, 0.1) is 18.2 Å². The first-order valence-corrected chi connectivity index (χ1v) is 7.07. The van der Waals surface area contributed by atoms with E-state index >= 15 is 0 Å². The van der Waals surface area contributed by atoms with Gasteiger partial charge in [-0.05, 0) is 49.3 Å². The minimum Gasteiger partial charge on any atom is -0.490 e. The number of nitrogens with two attached hydrogens (primary N) is 1. The van der Waals surface area contributed by atoms with Crippen LogP contribution in [0.15, 0.2) is 24.3 Å². The van der Waals surface area contributed by atoms with Gasteiger partial charge in [-0.15, -0.1) is 0 Å². The second-order valence-electron chi connectivity index (χ2n) is 5.57. The Bertz CT molecular complexity index is 430. The van der Waals surface area contributed by atoms with Gasteiger partial charge in [-0.25, -0.2) is 0 Å².